The molecule has 0 saturated carbocycles. The molecule has 0 unspecified atom stereocenters. The van der Waals surface area contributed by atoms with E-state index in [0.29, 0.717) is 36.2 Å². The van der Waals surface area contributed by atoms with Gasteiger partial charge in [-0.05, 0) is 61.1 Å². The second-order valence-electron chi connectivity index (χ2n) is 10.0. The Morgan fingerprint density at radius 3 is 2.14 bits per heavy atom. The zero-order valence-electron chi connectivity index (χ0n) is 22.4. The highest BCUT2D eigenvalue weighted by Crippen LogP contribution is 2.26. The predicted octanol–water partition coefficient (Wildman–Crippen LogP) is 6.06. The third-order valence-corrected chi connectivity index (χ3v) is 6.80. The number of nitrogens with zero attached hydrogens (tertiary/aromatic N) is 1. The molecule has 0 heterocycles. The van der Waals surface area contributed by atoms with E-state index in [-0.39, 0.29) is 18.4 Å². The third-order valence-electron chi connectivity index (χ3n) is 6.20. The van der Waals surface area contributed by atoms with E-state index in [1.54, 1.807) is 4.90 Å². The van der Waals surface area contributed by atoms with Crippen molar-refractivity contribution in [3.05, 3.63) is 99.6 Å². The van der Waals surface area contributed by atoms with Gasteiger partial charge in [0, 0.05) is 24.5 Å². The zero-order valence-corrected chi connectivity index (χ0v) is 23.1. The molecule has 5 nitrogen and oxygen atoms in total. The molecule has 3 rings (SSSR count). The van der Waals surface area contributed by atoms with E-state index < -0.39 is 6.04 Å². The highest BCUT2D eigenvalue weighted by Gasteiger charge is 2.30. The number of aryl methyl sites for hydroxylation is 3. The molecule has 0 saturated heterocycles. The second kappa shape index (κ2) is 13.3. The first-order chi connectivity index (χ1) is 17.6. The predicted molar refractivity (Wildman–Crippen MR) is 150 cm³/mol. The fourth-order valence-electron chi connectivity index (χ4n) is 4.08. The van der Waals surface area contributed by atoms with E-state index in [1.807, 2.05) is 101 Å². The number of carbonyl (C=O) groups excluding carboxylic acids is 2. The normalized spacial score (nSPS) is 11.8. The van der Waals surface area contributed by atoms with Gasteiger partial charge in [-0.1, -0.05) is 85.6 Å². The van der Waals surface area contributed by atoms with Crippen LogP contribution in [0.25, 0.3) is 0 Å². The molecule has 1 atom stereocenters. The standard InChI is InChI=1S/C31H37ClN2O3/c1-21(2)18-33-31(36)28(17-25-9-7-6-8-10-25)34(19-26-13-11-22(3)12-14-26)29(35)20-37-27-15-23(4)30(32)24(5)16-27/h6-16,21,28H,17-20H2,1-5H3,(H,33,36)/t28-/m0/s1. The van der Waals surface area contributed by atoms with E-state index in [1.165, 1.54) is 0 Å². The van der Waals surface area contributed by atoms with Crippen molar-refractivity contribution in [3.63, 3.8) is 0 Å². The summed E-state index contributed by atoms with van der Waals surface area (Å²) in [6, 6.07) is 20.8. The largest absolute Gasteiger partial charge is 0.484 e. The zero-order chi connectivity index (χ0) is 26.9. The lowest BCUT2D eigenvalue weighted by Gasteiger charge is -2.31. The average Bonchev–Trinajstić information content (AvgIpc) is 2.88. The lowest BCUT2D eigenvalue weighted by molar-refractivity contribution is -0.142. The summed E-state index contributed by atoms with van der Waals surface area (Å²) in [6.45, 7) is 10.6. The molecule has 0 aliphatic rings. The summed E-state index contributed by atoms with van der Waals surface area (Å²) in [5.74, 6) is 0.442. The number of benzene rings is 3. The molecule has 0 fully saturated rings. The van der Waals surface area contributed by atoms with Gasteiger partial charge in [0.2, 0.25) is 5.91 Å². The Hall–Kier alpha value is -3.31. The number of carbonyl (C=O) groups is 2. The molecule has 196 valence electrons. The molecule has 1 N–H and O–H groups in total. The first-order valence-electron chi connectivity index (χ1n) is 12.7. The van der Waals surface area contributed by atoms with Crippen molar-refractivity contribution in [2.45, 2.75) is 53.6 Å². The maximum Gasteiger partial charge on any atom is 0.261 e. The summed E-state index contributed by atoms with van der Waals surface area (Å²) < 4.78 is 5.92. The lowest BCUT2D eigenvalue weighted by atomic mass is 10.0. The SMILES string of the molecule is Cc1ccc(CN(C(=O)COc2cc(C)c(Cl)c(C)c2)[C@@H](Cc2ccccc2)C(=O)NCC(C)C)cc1. The second-order valence-corrected chi connectivity index (χ2v) is 10.4. The smallest absolute Gasteiger partial charge is 0.261 e. The quantitative estimate of drug-likeness (QED) is 0.334. The van der Waals surface area contributed by atoms with Crippen molar-refractivity contribution in [1.82, 2.24) is 10.2 Å². The summed E-state index contributed by atoms with van der Waals surface area (Å²) in [4.78, 5) is 28.8. The van der Waals surface area contributed by atoms with Gasteiger partial charge in [-0.2, -0.15) is 0 Å². The number of amides is 2. The van der Waals surface area contributed by atoms with Crippen LogP contribution in [0.4, 0.5) is 0 Å². The first-order valence-corrected chi connectivity index (χ1v) is 13.1. The number of hydrogen-bond acceptors (Lipinski definition) is 3. The monoisotopic (exact) mass is 520 g/mol. The number of hydrogen-bond donors (Lipinski definition) is 1. The van der Waals surface area contributed by atoms with Crippen LogP contribution in [0.3, 0.4) is 0 Å². The lowest BCUT2D eigenvalue weighted by Crippen LogP contribution is -2.52. The van der Waals surface area contributed by atoms with Crippen LogP contribution in [-0.2, 0) is 22.6 Å². The van der Waals surface area contributed by atoms with Crippen LogP contribution in [-0.4, -0.2) is 35.9 Å². The van der Waals surface area contributed by atoms with Crippen molar-refractivity contribution < 1.29 is 14.3 Å². The molecule has 2 amide bonds. The molecule has 3 aromatic rings. The van der Waals surface area contributed by atoms with Gasteiger partial charge in [0.05, 0.1) is 0 Å². The van der Waals surface area contributed by atoms with Gasteiger partial charge in [-0.3, -0.25) is 9.59 Å². The minimum Gasteiger partial charge on any atom is -0.484 e. The fraction of sp³-hybridized carbons (Fsp3) is 0.355. The third kappa shape index (κ3) is 8.36. The van der Waals surface area contributed by atoms with Crippen LogP contribution in [0.5, 0.6) is 5.75 Å². The van der Waals surface area contributed by atoms with Crippen molar-refractivity contribution in [3.8, 4) is 5.75 Å². The molecule has 0 bridgehead atoms. The molecule has 37 heavy (non-hydrogen) atoms. The van der Waals surface area contributed by atoms with E-state index >= 15 is 0 Å². The van der Waals surface area contributed by atoms with Gasteiger partial charge in [0.15, 0.2) is 6.61 Å². The Bertz CT molecular complexity index is 1170. The van der Waals surface area contributed by atoms with Gasteiger partial charge in [-0.15, -0.1) is 0 Å². The highest BCUT2D eigenvalue weighted by molar-refractivity contribution is 6.32. The minimum atomic E-state index is -0.688. The fourth-order valence-corrected chi connectivity index (χ4v) is 4.19. The minimum absolute atomic E-state index is 0.170. The summed E-state index contributed by atoms with van der Waals surface area (Å²) >= 11 is 6.29. The maximum absolute atomic E-state index is 13.7. The summed E-state index contributed by atoms with van der Waals surface area (Å²) in [6.07, 6.45) is 0.404. The molecule has 0 aromatic heterocycles. The summed E-state index contributed by atoms with van der Waals surface area (Å²) in [5, 5.41) is 3.72. The molecule has 0 aliphatic heterocycles. The van der Waals surface area contributed by atoms with E-state index in [4.69, 9.17) is 16.3 Å². The van der Waals surface area contributed by atoms with Gasteiger partial charge in [0.25, 0.3) is 5.91 Å². The van der Waals surface area contributed by atoms with Gasteiger partial charge in [-0.25, -0.2) is 0 Å². The molecule has 0 aliphatic carbocycles. The van der Waals surface area contributed by atoms with Crippen LogP contribution >= 0.6 is 11.6 Å². The van der Waals surface area contributed by atoms with E-state index in [0.717, 1.165) is 27.8 Å². The highest BCUT2D eigenvalue weighted by atomic mass is 35.5. The topological polar surface area (TPSA) is 58.6 Å². The number of ether oxygens (including phenoxy) is 1. The number of nitrogens with one attached hydrogen (secondary N) is 1. The Kier molecular flexibility index (Phi) is 10.2. The summed E-state index contributed by atoms with van der Waals surface area (Å²) in [5.41, 5.74) is 4.84. The molecule has 6 heteroatoms. The maximum atomic E-state index is 13.7. The van der Waals surface area contributed by atoms with Crippen molar-refractivity contribution in [1.29, 1.82) is 0 Å². The summed E-state index contributed by atoms with van der Waals surface area (Å²) in [7, 11) is 0. The van der Waals surface area contributed by atoms with E-state index in [2.05, 4.69) is 5.32 Å². The number of rotatable bonds is 11. The van der Waals surface area contributed by atoms with Crippen LogP contribution < -0.4 is 10.1 Å². The van der Waals surface area contributed by atoms with Gasteiger partial charge >= 0.3 is 0 Å². The Balaban J connectivity index is 1.91. The van der Waals surface area contributed by atoms with Crippen LogP contribution in [0.1, 0.15) is 41.7 Å². The molecule has 0 spiro atoms. The molecule has 0 radical (unpaired) electrons. The van der Waals surface area contributed by atoms with Crippen molar-refractivity contribution in [2.75, 3.05) is 13.2 Å². The first kappa shape index (κ1) is 28.3. The molecular weight excluding hydrogens is 484 g/mol. The Morgan fingerprint density at radius 2 is 1.54 bits per heavy atom. The Morgan fingerprint density at radius 1 is 0.919 bits per heavy atom. The van der Waals surface area contributed by atoms with Crippen molar-refractivity contribution >= 4 is 23.4 Å². The average molecular weight is 521 g/mol. The molecular formula is C31H37ClN2O3. The van der Waals surface area contributed by atoms with Crippen LogP contribution in [0, 0.1) is 26.7 Å². The van der Waals surface area contributed by atoms with Gasteiger partial charge in [0.1, 0.15) is 11.8 Å². The van der Waals surface area contributed by atoms with Crippen LogP contribution in [0.2, 0.25) is 5.02 Å². The van der Waals surface area contributed by atoms with Crippen LogP contribution in [0.15, 0.2) is 66.7 Å². The Labute approximate surface area is 225 Å². The van der Waals surface area contributed by atoms with E-state index in [9.17, 15) is 9.59 Å². The molecule has 3 aromatic carbocycles. The van der Waals surface area contributed by atoms with Crippen molar-refractivity contribution in [2.24, 2.45) is 5.92 Å². The van der Waals surface area contributed by atoms with Gasteiger partial charge < -0.3 is 15.0 Å². The number of halogens is 1.